The number of hydrogen-bond acceptors (Lipinski definition) is 1. The van der Waals surface area contributed by atoms with E-state index in [1.54, 1.807) is 11.8 Å². The summed E-state index contributed by atoms with van der Waals surface area (Å²) in [7, 11) is 6.64. The molecule has 0 bridgehead atoms. The van der Waals surface area contributed by atoms with Crippen LogP contribution >= 0.6 is 11.8 Å². The third-order valence-corrected chi connectivity index (χ3v) is 2.52. The monoisotopic (exact) mass is 196 g/mol. The normalized spacial score (nSPS) is 11.7. The van der Waals surface area contributed by atoms with E-state index in [9.17, 15) is 0 Å². The maximum atomic E-state index is 2.27. The molecule has 13 heavy (non-hydrogen) atoms. The van der Waals surface area contributed by atoms with E-state index in [2.05, 4.69) is 51.7 Å². The van der Waals surface area contributed by atoms with Crippen molar-refractivity contribution in [1.82, 2.24) is 0 Å². The summed E-state index contributed by atoms with van der Waals surface area (Å²) in [6.45, 7) is 1.09. The molecule has 0 aliphatic heterocycles. The highest BCUT2D eigenvalue weighted by molar-refractivity contribution is 7.98. The van der Waals surface area contributed by atoms with Crippen molar-refractivity contribution >= 4 is 11.8 Å². The van der Waals surface area contributed by atoms with Crippen LogP contribution in [-0.2, 0) is 6.54 Å². The van der Waals surface area contributed by atoms with E-state index in [1.165, 1.54) is 10.5 Å². The van der Waals surface area contributed by atoms with Gasteiger partial charge < -0.3 is 4.48 Å². The van der Waals surface area contributed by atoms with Crippen LogP contribution in [0.5, 0.6) is 0 Å². The maximum Gasteiger partial charge on any atom is 0.104 e. The number of quaternary nitrogens is 1. The highest BCUT2D eigenvalue weighted by Gasteiger charge is 2.08. The lowest BCUT2D eigenvalue weighted by molar-refractivity contribution is -0.884. The van der Waals surface area contributed by atoms with Gasteiger partial charge in [-0.25, -0.2) is 0 Å². The number of thioether (sulfide) groups is 1. The molecule has 0 unspecified atom stereocenters. The van der Waals surface area contributed by atoms with E-state index in [4.69, 9.17) is 0 Å². The van der Waals surface area contributed by atoms with Crippen molar-refractivity contribution in [3.05, 3.63) is 29.8 Å². The molecule has 0 radical (unpaired) electrons. The molecule has 0 heterocycles. The summed E-state index contributed by atoms with van der Waals surface area (Å²) in [5.74, 6) is 0. The summed E-state index contributed by atoms with van der Waals surface area (Å²) in [6, 6.07) is 8.76. The summed E-state index contributed by atoms with van der Waals surface area (Å²) in [5, 5.41) is 0. The quantitative estimate of drug-likeness (QED) is 0.529. The summed E-state index contributed by atoms with van der Waals surface area (Å²) in [5.41, 5.74) is 1.42. The molecule has 0 spiro atoms. The smallest absolute Gasteiger partial charge is 0.104 e. The summed E-state index contributed by atoms with van der Waals surface area (Å²) < 4.78 is 0.984. The van der Waals surface area contributed by atoms with Gasteiger partial charge in [0, 0.05) is 10.5 Å². The van der Waals surface area contributed by atoms with Gasteiger partial charge in [-0.3, -0.25) is 0 Å². The fourth-order valence-electron chi connectivity index (χ4n) is 1.32. The standard InChI is InChI=1S/C11H18NS/c1-12(2,3)9-10-6-5-7-11(8-10)13-4/h5-8H,9H2,1-4H3/q+1. The third-order valence-electron chi connectivity index (χ3n) is 1.79. The number of nitrogens with zero attached hydrogens (tertiary/aromatic N) is 1. The molecular weight excluding hydrogens is 178 g/mol. The fourth-order valence-corrected chi connectivity index (χ4v) is 1.80. The lowest BCUT2D eigenvalue weighted by Gasteiger charge is -2.24. The molecule has 0 fully saturated rings. The Morgan fingerprint density at radius 2 is 1.92 bits per heavy atom. The van der Waals surface area contributed by atoms with Gasteiger partial charge in [0.2, 0.25) is 0 Å². The molecule has 1 rings (SSSR count). The second-order valence-corrected chi connectivity index (χ2v) is 5.18. The second-order valence-electron chi connectivity index (χ2n) is 4.30. The molecule has 2 heteroatoms. The van der Waals surface area contributed by atoms with Crippen LogP contribution in [0.2, 0.25) is 0 Å². The van der Waals surface area contributed by atoms with Crippen LogP contribution in [0.1, 0.15) is 5.56 Å². The van der Waals surface area contributed by atoms with Gasteiger partial charge in [-0.05, 0) is 18.4 Å². The minimum Gasteiger partial charge on any atom is -0.327 e. The number of benzene rings is 1. The van der Waals surface area contributed by atoms with Crippen molar-refractivity contribution in [2.75, 3.05) is 27.4 Å². The van der Waals surface area contributed by atoms with Gasteiger partial charge in [0.25, 0.3) is 0 Å². The van der Waals surface area contributed by atoms with Crippen molar-refractivity contribution < 1.29 is 4.48 Å². The van der Waals surface area contributed by atoms with Crippen LogP contribution in [0.4, 0.5) is 0 Å². The lowest BCUT2D eigenvalue weighted by atomic mass is 10.2. The third kappa shape index (κ3) is 3.83. The zero-order valence-electron chi connectivity index (χ0n) is 8.87. The predicted octanol–water partition coefficient (Wildman–Crippen LogP) is 2.61. The topological polar surface area (TPSA) is 0 Å². The zero-order chi connectivity index (χ0) is 9.90. The van der Waals surface area contributed by atoms with Crippen molar-refractivity contribution in [3.63, 3.8) is 0 Å². The van der Waals surface area contributed by atoms with Crippen molar-refractivity contribution in [2.45, 2.75) is 11.4 Å². The van der Waals surface area contributed by atoms with Crippen LogP contribution in [0.3, 0.4) is 0 Å². The first-order valence-corrected chi connectivity index (χ1v) is 5.67. The lowest BCUT2D eigenvalue weighted by Crippen LogP contribution is -2.33. The Labute approximate surface area is 85.3 Å². The van der Waals surface area contributed by atoms with Gasteiger partial charge in [0.1, 0.15) is 6.54 Å². The SMILES string of the molecule is CSc1cccc(C[N+](C)(C)C)c1. The van der Waals surface area contributed by atoms with E-state index in [-0.39, 0.29) is 0 Å². The Morgan fingerprint density at radius 1 is 1.23 bits per heavy atom. The van der Waals surface area contributed by atoms with E-state index in [0.717, 1.165) is 11.0 Å². The van der Waals surface area contributed by atoms with Gasteiger partial charge in [-0.2, -0.15) is 0 Å². The van der Waals surface area contributed by atoms with Crippen LogP contribution in [-0.4, -0.2) is 31.9 Å². The molecular formula is C11H18NS+. The molecule has 0 N–H and O–H groups in total. The molecule has 1 nitrogen and oxygen atoms in total. The summed E-state index contributed by atoms with van der Waals surface area (Å²) in [4.78, 5) is 1.35. The van der Waals surface area contributed by atoms with Gasteiger partial charge in [0.15, 0.2) is 0 Å². The average molecular weight is 196 g/mol. The van der Waals surface area contributed by atoms with E-state index < -0.39 is 0 Å². The van der Waals surface area contributed by atoms with Crippen molar-refractivity contribution in [3.8, 4) is 0 Å². The highest BCUT2D eigenvalue weighted by Crippen LogP contribution is 2.17. The second kappa shape index (κ2) is 4.16. The molecule has 0 amide bonds. The Hall–Kier alpha value is -0.470. The molecule has 0 saturated carbocycles. The van der Waals surface area contributed by atoms with E-state index in [1.807, 2.05) is 0 Å². The van der Waals surface area contributed by atoms with Gasteiger partial charge >= 0.3 is 0 Å². The van der Waals surface area contributed by atoms with Crippen LogP contribution in [0, 0.1) is 0 Å². The van der Waals surface area contributed by atoms with E-state index >= 15 is 0 Å². The Kier molecular flexibility index (Phi) is 3.40. The molecule has 72 valence electrons. The predicted molar refractivity (Wildman–Crippen MR) is 60.0 cm³/mol. The van der Waals surface area contributed by atoms with Crippen LogP contribution in [0.25, 0.3) is 0 Å². The summed E-state index contributed by atoms with van der Waals surface area (Å²) in [6.07, 6.45) is 2.12. The van der Waals surface area contributed by atoms with Gasteiger partial charge in [-0.15, -0.1) is 11.8 Å². The van der Waals surface area contributed by atoms with Crippen molar-refractivity contribution in [1.29, 1.82) is 0 Å². The fraction of sp³-hybridized carbons (Fsp3) is 0.455. The van der Waals surface area contributed by atoms with Crippen LogP contribution < -0.4 is 0 Å². The zero-order valence-corrected chi connectivity index (χ0v) is 9.69. The molecule has 0 aliphatic carbocycles. The summed E-state index contributed by atoms with van der Waals surface area (Å²) >= 11 is 1.80. The molecule has 0 atom stereocenters. The molecule has 1 aromatic rings. The average Bonchev–Trinajstić information content (AvgIpc) is 2.01. The minimum absolute atomic E-state index is 0.984. The first-order valence-electron chi connectivity index (χ1n) is 4.45. The molecule has 0 aromatic heterocycles. The molecule has 0 aliphatic rings. The number of hydrogen-bond donors (Lipinski definition) is 0. The Balaban J connectivity index is 2.78. The van der Waals surface area contributed by atoms with Gasteiger partial charge in [0.05, 0.1) is 21.1 Å². The Bertz CT molecular complexity index is 276. The van der Waals surface area contributed by atoms with Crippen LogP contribution in [0.15, 0.2) is 29.2 Å². The first-order chi connectivity index (χ1) is 6.01. The highest BCUT2D eigenvalue weighted by atomic mass is 32.2. The molecule has 1 aromatic carbocycles. The van der Waals surface area contributed by atoms with E-state index in [0.29, 0.717) is 0 Å². The Morgan fingerprint density at radius 3 is 2.46 bits per heavy atom. The minimum atomic E-state index is 0.984. The first kappa shape index (κ1) is 10.6. The molecule has 0 saturated heterocycles. The largest absolute Gasteiger partial charge is 0.327 e. The van der Waals surface area contributed by atoms with Gasteiger partial charge in [-0.1, -0.05) is 12.1 Å². The van der Waals surface area contributed by atoms with Crippen molar-refractivity contribution in [2.24, 2.45) is 0 Å². The maximum absolute atomic E-state index is 2.27. The number of rotatable bonds is 3.